The van der Waals surface area contributed by atoms with Gasteiger partial charge in [-0.1, -0.05) is 5.16 Å². The zero-order valence-electron chi connectivity index (χ0n) is 7.52. The highest BCUT2D eigenvalue weighted by molar-refractivity contribution is 5.81. The van der Waals surface area contributed by atoms with E-state index in [1.165, 1.54) is 0 Å². The molecule has 0 radical (unpaired) electrons. The SMILES string of the molecule is NC(CN1C[C@H]2COC[C@H]2C1)=NO. The standard InChI is InChI=1S/C8H15N3O2/c9-8(10-12)3-11-1-6-4-13-5-7(6)2-11/h6-7,12H,1-5H2,(H2,9,10)/t6-,7+. The van der Waals surface area contributed by atoms with Crippen molar-refractivity contribution in [3.63, 3.8) is 0 Å². The zero-order chi connectivity index (χ0) is 9.26. The molecule has 3 N–H and O–H groups in total. The first-order valence-corrected chi connectivity index (χ1v) is 4.56. The highest BCUT2D eigenvalue weighted by Gasteiger charge is 2.36. The fraction of sp³-hybridized carbons (Fsp3) is 0.875. The Balaban J connectivity index is 1.85. The zero-order valence-corrected chi connectivity index (χ0v) is 7.52. The second-order valence-electron chi connectivity index (χ2n) is 3.84. The average molecular weight is 185 g/mol. The molecule has 2 aliphatic rings. The largest absolute Gasteiger partial charge is 0.409 e. The Labute approximate surface area is 77.1 Å². The van der Waals surface area contributed by atoms with Crippen LogP contribution in [0.25, 0.3) is 0 Å². The van der Waals surface area contributed by atoms with Crippen LogP contribution >= 0.6 is 0 Å². The second kappa shape index (κ2) is 3.51. The number of ether oxygens (including phenoxy) is 1. The van der Waals surface area contributed by atoms with E-state index in [0.29, 0.717) is 24.2 Å². The minimum atomic E-state index is 0.292. The van der Waals surface area contributed by atoms with Gasteiger partial charge in [0.25, 0.3) is 0 Å². The molecule has 0 aliphatic carbocycles. The molecule has 2 fully saturated rings. The quantitative estimate of drug-likeness (QED) is 0.258. The van der Waals surface area contributed by atoms with Crippen molar-refractivity contribution in [3.05, 3.63) is 0 Å². The number of oxime groups is 1. The van der Waals surface area contributed by atoms with Crippen LogP contribution in [0.2, 0.25) is 0 Å². The molecule has 0 saturated carbocycles. The van der Waals surface area contributed by atoms with E-state index in [1.807, 2.05) is 0 Å². The second-order valence-corrected chi connectivity index (χ2v) is 3.84. The fourth-order valence-corrected chi connectivity index (χ4v) is 2.17. The van der Waals surface area contributed by atoms with Crippen LogP contribution in [0.4, 0.5) is 0 Å². The number of amidine groups is 1. The smallest absolute Gasteiger partial charge is 0.153 e. The van der Waals surface area contributed by atoms with E-state index in [2.05, 4.69) is 10.1 Å². The summed E-state index contributed by atoms with van der Waals surface area (Å²) in [5, 5.41) is 11.4. The van der Waals surface area contributed by atoms with Crippen LogP contribution in [0.15, 0.2) is 5.16 Å². The molecule has 2 atom stereocenters. The van der Waals surface area contributed by atoms with Crippen LogP contribution in [0.3, 0.4) is 0 Å². The van der Waals surface area contributed by atoms with Crippen LogP contribution in [0, 0.1) is 11.8 Å². The maximum atomic E-state index is 8.41. The number of nitrogens with two attached hydrogens (primary N) is 1. The summed E-state index contributed by atoms with van der Waals surface area (Å²) < 4.78 is 5.35. The van der Waals surface area contributed by atoms with Gasteiger partial charge < -0.3 is 15.7 Å². The third kappa shape index (κ3) is 1.76. The van der Waals surface area contributed by atoms with Crippen molar-refractivity contribution >= 4 is 5.84 Å². The van der Waals surface area contributed by atoms with E-state index >= 15 is 0 Å². The Kier molecular flexibility index (Phi) is 2.37. The van der Waals surface area contributed by atoms with E-state index in [-0.39, 0.29) is 0 Å². The van der Waals surface area contributed by atoms with E-state index < -0.39 is 0 Å². The molecule has 5 nitrogen and oxygen atoms in total. The molecular weight excluding hydrogens is 170 g/mol. The Morgan fingerprint density at radius 2 is 2.08 bits per heavy atom. The van der Waals surface area contributed by atoms with Crippen LogP contribution in [-0.4, -0.2) is 48.8 Å². The Morgan fingerprint density at radius 1 is 1.46 bits per heavy atom. The Bertz CT molecular complexity index is 207. The van der Waals surface area contributed by atoms with Gasteiger partial charge in [-0.3, -0.25) is 4.90 Å². The van der Waals surface area contributed by atoms with Gasteiger partial charge in [-0.2, -0.15) is 0 Å². The molecule has 2 rings (SSSR count). The molecule has 0 aromatic heterocycles. The van der Waals surface area contributed by atoms with Gasteiger partial charge in [0.1, 0.15) is 0 Å². The van der Waals surface area contributed by atoms with Crippen LogP contribution < -0.4 is 5.73 Å². The van der Waals surface area contributed by atoms with Gasteiger partial charge in [-0.25, -0.2) is 0 Å². The number of rotatable bonds is 2. The van der Waals surface area contributed by atoms with Crippen molar-refractivity contribution in [3.8, 4) is 0 Å². The molecule has 0 amide bonds. The monoisotopic (exact) mass is 185 g/mol. The summed E-state index contributed by atoms with van der Waals surface area (Å²) in [6.07, 6.45) is 0. The van der Waals surface area contributed by atoms with Gasteiger partial charge in [0.15, 0.2) is 5.84 Å². The summed E-state index contributed by atoms with van der Waals surface area (Å²) in [4.78, 5) is 2.22. The normalized spacial score (nSPS) is 35.2. The number of likely N-dealkylation sites (tertiary alicyclic amines) is 1. The van der Waals surface area contributed by atoms with Crippen LogP contribution in [0.1, 0.15) is 0 Å². The van der Waals surface area contributed by atoms with Gasteiger partial charge in [0.2, 0.25) is 0 Å². The Morgan fingerprint density at radius 3 is 2.62 bits per heavy atom. The van der Waals surface area contributed by atoms with Gasteiger partial charge in [-0.15, -0.1) is 0 Å². The summed E-state index contributed by atoms with van der Waals surface area (Å²) >= 11 is 0. The number of fused-ring (bicyclic) bond motifs is 1. The summed E-state index contributed by atoms with van der Waals surface area (Å²) in [6.45, 7) is 4.35. The van der Waals surface area contributed by atoms with Crippen molar-refractivity contribution in [2.75, 3.05) is 32.8 Å². The molecule has 0 aromatic rings. The molecule has 0 bridgehead atoms. The summed E-state index contributed by atoms with van der Waals surface area (Å²) in [5.74, 6) is 1.61. The number of hydrogen-bond acceptors (Lipinski definition) is 4. The number of nitrogens with zero attached hydrogens (tertiary/aromatic N) is 2. The molecule has 74 valence electrons. The summed E-state index contributed by atoms with van der Waals surface area (Å²) in [6, 6.07) is 0. The minimum Gasteiger partial charge on any atom is -0.409 e. The molecule has 2 aliphatic heterocycles. The first-order chi connectivity index (χ1) is 6.29. The van der Waals surface area contributed by atoms with E-state index in [9.17, 15) is 0 Å². The maximum Gasteiger partial charge on any atom is 0.153 e. The van der Waals surface area contributed by atoms with E-state index in [0.717, 1.165) is 26.3 Å². The van der Waals surface area contributed by atoms with E-state index in [1.54, 1.807) is 0 Å². The summed E-state index contributed by atoms with van der Waals surface area (Å²) in [7, 11) is 0. The van der Waals surface area contributed by atoms with Crippen molar-refractivity contribution in [2.24, 2.45) is 22.7 Å². The maximum absolute atomic E-state index is 8.41. The lowest BCUT2D eigenvalue weighted by Gasteiger charge is -2.14. The molecule has 2 saturated heterocycles. The third-order valence-electron chi connectivity index (χ3n) is 2.83. The lowest BCUT2D eigenvalue weighted by Crippen LogP contribution is -2.33. The van der Waals surface area contributed by atoms with E-state index in [4.69, 9.17) is 15.7 Å². The molecular formula is C8H15N3O2. The van der Waals surface area contributed by atoms with Gasteiger partial charge >= 0.3 is 0 Å². The highest BCUT2D eigenvalue weighted by atomic mass is 16.5. The van der Waals surface area contributed by atoms with Crippen molar-refractivity contribution in [1.82, 2.24) is 4.90 Å². The highest BCUT2D eigenvalue weighted by Crippen LogP contribution is 2.28. The molecule has 2 heterocycles. The number of hydrogen-bond donors (Lipinski definition) is 2. The third-order valence-corrected chi connectivity index (χ3v) is 2.83. The summed E-state index contributed by atoms with van der Waals surface area (Å²) in [5.41, 5.74) is 5.43. The van der Waals surface area contributed by atoms with Crippen molar-refractivity contribution in [2.45, 2.75) is 0 Å². The lowest BCUT2D eigenvalue weighted by molar-refractivity contribution is 0.158. The first-order valence-electron chi connectivity index (χ1n) is 4.56. The predicted octanol–water partition coefficient (Wildman–Crippen LogP) is -0.689. The lowest BCUT2D eigenvalue weighted by atomic mass is 10.0. The minimum absolute atomic E-state index is 0.292. The van der Waals surface area contributed by atoms with Crippen molar-refractivity contribution < 1.29 is 9.94 Å². The molecule has 5 heteroatoms. The average Bonchev–Trinajstić information content (AvgIpc) is 2.63. The molecule has 0 unspecified atom stereocenters. The molecule has 0 spiro atoms. The first kappa shape index (κ1) is 8.77. The predicted molar refractivity (Wildman–Crippen MR) is 47.6 cm³/mol. The van der Waals surface area contributed by atoms with Crippen LogP contribution in [0.5, 0.6) is 0 Å². The Hall–Kier alpha value is -0.810. The molecule has 0 aromatic carbocycles. The van der Waals surface area contributed by atoms with Gasteiger partial charge in [0, 0.05) is 24.9 Å². The van der Waals surface area contributed by atoms with Crippen molar-refractivity contribution in [1.29, 1.82) is 0 Å². The van der Waals surface area contributed by atoms with Gasteiger partial charge in [-0.05, 0) is 0 Å². The van der Waals surface area contributed by atoms with Gasteiger partial charge in [0.05, 0.1) is 19.8 Å². The fourth-order valence-electron chi connectivity index (χ4n) is 2.17. The topological polar surface area (TPSA) is 71.1 Å². The molecule has 13 heavy (non-hydrogen) atoms. The van der Waals surface area contributed by atoms with Crippen LogP contribution in [-0.2, 0) is 4.74 Å².